The number of hydrogen-bond acceptors (Lipinski definition) is 3. The summed E-state index contributed by atoms with van der Waals surface area (Å²) in [6, 6.07) is 8.29. The van der Waals surface area contributed by atoms with Gasteiger partial charge in [0.05, 0.1) is 23.2 Å². The minimum atomic E-state index is -0.498. The molecule has 21 heavy (non-hydrogen) atoms. The van der Waals surface area contributed by atoms with E-state index in [1.54, 1.807) is 0 Å². The number of aliphatic hydroxyl groups is 1. The number of benzene rings is 1. The predicted octanol–water partition coefficient (Wildman–Crippen LogP) is 2.84. The average Bonchev–Trinajstić information content (AvgIpc) is 3.05. The topological polar surface area (TPSA) is 50.1 Å². The van der Waals surface area contributed by atoms with E-state index in [9.17, 15) is 5.11 Å². The van der Waals surface area contributed by atoms with Crippen LogP contribution < -0.4 is 5.32 Å². The van der Waals surface area contributed by atoms with Crippen LogP contribution in [0.3, 0.4) is 0 Å². The van der Waals surface area contributed by atoms with E-state index in [2.05, 4.69) is 35.0 Å². The summed E-state index contributed by atoms with van der Waals surface area (Å²) in [6.45, 7) is 4.56. The second-order valence-electron chi connectivity index (χ2n) is 6.20. The van der Waals surface area contributed by atoms with Crippen LogP contribution in [0, 0.1) is 0 Å². The number of imidazole rings is 1. The molecule has 114 valence electrons. The molecule has 0 atom stereocenters. The van der Waals surface area contributed by atoms with Gasteiger partial charge in [0, 0.05) is 13.1 Å². The Balaban J connectivity index is 1.72. The zero-order valence-electron chi connectivity index (χ0n) is 12.8. The molecule has 1 aromatic heterocycles. The molecule has 2 aromatic rings. The molecular formula is C17H25N3O. The lowest BCUT2D eigenvalue weighted by Gasteiger charge is -2.22. The monoisotopic (exact) mass is 287 g/mol. The molecule has 4 heteroatoms. The van der Waals surface area contributed by atoms with Crippen molar-refractivity contribution in [2.45, 2.75) is 57.7 Å². The summed E-state index contributed by atoms with van der Waals surface area (Å²) in [6.07, 6.45) is 5.23. The molecule has 0 unspecified atom stereocenters. The fraction of sp³-hybridized carbons (Fsp3) is 0.588. The van der Waals surface area contributed by atoms with Gasteiger partial charge in [0.2, 0.25) is 0 Å². The first kappa shape index (κ1) is 14.5. The Morgan fingerprint density at radius 2 is 2.05 bits per heavy atom. The van der Waals surface area contributed by atoms with E-state index < -0.39 is 5.60 Å². The van der Waals surface area contributed by atoms with Crippen molar-refractivity contribution >= 4 is 11.0 Å². The molecule has 3 rings (SSSR count). The minimum absolute atomic E-state index is 0.498. The maximum absolute atomic E-state index is 10.4. The van der Waals surface area contributed by atoms with Crippen molar-refractivity contribution in [2.75, 3.05) is 6.54 Å². The second kappa shape index (κ2) is 6.16. The van der Waals surface area contributed by atoms with Crippen molar-refractivity contribution in [3.8, 4) is 0 Å². The number of aryl methyl sites for hydroxylation is 1. The summed E-state index contributed by atoms with van der Waals surface area (Å²) in [7, 11) is 0. The molecule has 0 saturated heterocycles. The van der Waals surface area contributed by atoms with E-state index in [0.29, 0.717) is 6.54 Å². The first-order valence-electron chi connectivity index (χ1n) is 8.09. The zero-order chi connectivity index (χ0) is 14.7. The van der Waals surface area contributed by atoms with Crippen LogP contribution in [0.4, 0.5) is 0 Å². The fourth-order valence-electron chi connectivity index (χ4n) is 3.35. The Morgan fingerprint density at radius 3 is 2.81 bits per heavy atom. The van der Waals surface area contributed by atoms with Crippen molar-refractivity contribution < 1.29 is 5.11 Å². The number of aromatic nitrogens is 2. The van der Waals surface area contributed by atoms with Gasteiger partial charge < -0.3 is 15.0 Å². The van der Waals surface area contributed by atoms with Crippen LogP contribution in [0.1, 0.15) is 44.9 Å². The van der Waals surface area contributed by atoms with Crippen molar-refractivity contribution in [3.05, 3.63) is 30.1 Å². The molecule has 1 saturated carbocycles. The first-order valence-corrected chi connectivity index (χ1v) is 8.09. The third-order valence-corrected chi connectivity index (χ3v) is 4.45. The highest BCUT2D eigenvalue weighted by molar-refractivity contribution is 5.75. The standard InChI is InChI=1S/C17H25N3O/c1-2-11-20-15-8-4-3-7-14(15)19-16(20)12-18-13-17(21)9-5-6-10-17/h3-4,7-8,18,21H,2,5-6,9-13H2,1H3. The molecular weight excluding hydrogens is 262 g/mol. The van der Waals surface area contributed by atoms with Gasteiger partial charge in [-0.25, -0.2) is 4.98 Å². The van der Waals surface area contributed by atoms with E-state index in [1.807, 2.05) is 6.07 Å². The van der Waals surface area contributed by atoms with Crippen LogP contribution >= 0.6 is 0 Å². The molecule has 2 N–H and O–H groups in total. The van der Waals surface area contributed by atoms with Gasteiger partial charge in [-0.05, 0) is 31.4 Å². The summed E-state index contributed by atoms with van der Waals surface area (Å²) < 4.78 is 2.29. The van der Waals surface area contributed by atoms with Gasteiger partial charge in [-0.2, -0.15) is 0 Å². The molecule has 1 aliphatic rings. The third kappa shape index (κ3) is 3.11. The van der Waals surface area contributed by atoms with Crippen LogP contribution in [-0.2, 0) is 13.1 Å². The van der Waals surface area contributed by atoms with Crippen molar-refractivity contribution in [1.82, 2.24) is 14.9 Å². The minimum Gasteiger partial charge on any atom is -0.389 e. The number of nitrogens with one attached hydrogen (secondary N) is 1. The van der Waals surface area contributed by atoms with Crippen LogP contribution in [0.15, 0.2) is 24.3 Å². The van der Waals surface area contributed by atoms with Crippen LogP contribution in [-0.4, -0.2) is 26.8 Å². The van der Waals surface area contributed by atoms with Crippen LogP contribution in [0.25, 0.3) is 11.0 Å². The smallest absolute Gasteiger partial charge is 0.123 e. The summed E-state index contributed by atoms with van der Waals surface area (Å²) in [5.41, 5.74) is 1.76. The Hall–Kier alpha value is -1.39. The highest BCUT2D eigenvalue weighted by atomic mass is 16.3. The van der Waals surface area contributed by atoms with Gasteiger partial charge in [-0.15, -0.1) is 0 Å². The van der Waals surface area contributed by atoms with Crippen molar-refractivity contribution in [2.24, 2.45) is 0 Å². The molecule has 1 aromatic carbocycles. The van der Waals surface area contributed by atoms with Gasteiger partial charge >= 0.3 is 0 Å². The SMILES string of the molecule is CCCn1c(CNCC2(O)CCCC2)nc2ccccc21. The van der Waals surface area contributed by atoms with E-state index in [1.165, 1.54) is 5.52 Å². The molecule has 4 nitrogen and oxygen atoms in total. The van der Waals surface area contributed by atoms with Gasteiger partial charge in [0.1, 0.15) is 5.82 Å². The lowest BCUT2D eigenvalue weighted by Crippen LogP contribution is -2.38. The van der Waals surface area contributed by atoms with Gasteiger partial charge in [-0.1, -0.05) is 31.9 Å². The Kier molecular flexibility index (Phi) is 4.27. The molecule has 1 aliphatic carbocycles. The predicted molar refractivity (Wildman–Crippen MR) is 85.1 cm³/mol. The Morgan fingerprint density at radius 1 is 1.29 bits per heavy atom. The molecule has 0 bridgehead atoms. The molecule has 1 heterocycles. The molecule has 1 fully saturated rings. The van der Waals surface area contributed by atoms with Gasteiger partial charge in [0.25, 0.3) is 0 Å². The van der Waals surface area contributed by atoms with E-state index in [0.717, 1.165) is 56.5 Å². The number of fused-ring (bicyclic) bond motifs is 1. The van der Waals surface area contributed by atoms with Crippen molar-refractivity contribution in [3.63, 3.8) is 0 Å². The molecule has 0 radical (unpaired) electrons. The maximum Gasteiger partial charge on any atom is 0.123 e. The summed E-state index contributed by atoms with van der Waals surface area (Å²) in [5.74, 6) is 1.07. The normalized spacial score (nSPS) is 17.6. The maximum atomic E-state index is 10.4. The van der Waals surface area contributed by atoms with E-state index in [-0.39, 0.29) is 0 Å². The average molecular weight is 287 g/mol. The zero-order valence-corrected chi connectivity index (χ0v) is 12.8. The molecule has 0 spiro atoms. The quantitative estimate of drug-likeness (QED) is 0.859. The lowest BCUT2D eigenvalue weighted by atomic mass is 10.0. The van der Waals surface area contributed by atoms with Crippen LogP contribution in [0.5, 0.6) is 0 Å². The highest BCUT2D eigenvalue weighted by Gasteiger charge is 2.30. The molecule has 0 aliphatic heterocycles. The molecule has 0 amide bonds. The Labute approximate surface area is 126 Å². The largest absolute Gasteiger partial charge is 0.389 e. The number of rotatable bonds is 6. The Bertz CT molecular complexity index is 599. The number of hydrogen-bond donors (Lipinski definition) is 2. The van der Waals surface area contributed by atoms with E-state index in [4.69, 9.17) is 4.98 Å². The lowest BCUT2D eigenvalue weighted by molar-refractivity contribution is 0.0472. The van der Waals surface area contributed by atoms with E-state index >= 15 is 0 Å². The highest BCUT2D eigenvalue weighted by Crippen LogP contribution is 2.28. The second-order valence-corrected chi connectivity index (χ2v) is 6.20. The van der Waals surface area contributed by atoms with Gasteiger partial charge in [-0.3, -0.25) is 0 Å². The van der Waals surface area contributed by atoms with Gasteiger partial charge in [0.15, 0.2) is 0 Å². The van der Waals surface area contributed by atoms with Crippen molar-refractivity contribution in [1.29, 1.82) is 0 Å². The number of nitrogens with zero attached hydrogens (tertiary/aromatic N) is 2. The summed E-state index contributed by atoms with van der Waals surface area (Å²) in [5, 5.41) is 13.8. The number of para-hydroxylation sites is 2. The summed E-state index contributed by atoms with van der Waals surface area (Å²) in [4.78, 5) is 4.74. The van der Waals surface area contributed by atoms with Crippen LogP contribution in [0.2, 0.25) is 0 Å². The first-order chi connectivity index (χ1) is 10.2. The summed E-state index contributed by atoms with van der Waals surface area (Å²) >= 11 is 0. The third-order valence-electron chi connectivity index (χ3n) is 4.45. The fourth-order valence-corrected chi connectivity index (χ4v) is 3.35.